The van der Waals surface area contributed by atoms with Crippen molar-refractivity contribution in [2.75, 3.05) is 6.54 Å². The predicted molar refractivity (Wildman–Crippen MR) is 50.4 cm³/mol. The Hall–Kier alpha value is -0.770. The zero-order chi connectivity index (χ0) is 9.40. The molecule has 0 saturated carbocycles. The van der Waals surface area contributed by atoms with Crippen LogP contribution in [-0.2, 0) is 0 Å². The summed E-state index contributed by atoms with van der Waals surface area (Å²) in [6, 6.07) is 0.285. The summed E-state index contributed by atoms with van der Waals surface area (Å²) in [6.07, 6.45) is 2.95. The summed E-state index contributed by atoms with van der Waals surface area (Å²) < 4.78 is 0. The van der Waals surface area contributed by atoms with Gasteiger partial charge in [-0.3, -0.25) is 0 Å². The maximum atomic E-state index is 8.29. The molecule has 0 aliphatic carbocycles. The Labute approximate surface area is 73.8 Å². The van der Waals surface area contributed by atoms with Crippen LogP contribution in [0.25, 0.3) is 0 Å². The van der Waals surface area contributed by atoms with E-state index >= 15 is 0 Å². The molecule has 0 heterocycles. The lowest BCUT2D eigenvalue weighted by atomic mass is 10.2. The molecule has 0 fully saturated rings. The maximum absolute atomic E-state index is 8.29. The van der Waals surface area contributed by atoms with Gasteiger partial charge in [0.2, 0.25) is 0 Å². The third-order valence-electron chi connectivity index (χ3n) is 1.67. The SMILES string of the molecule is CCCCNC(C)CC(N)=NO. The maximum Gasteiger partial charge on any atom is 0.140 e. The summed E-state index contributed by atoms with van der Waals surface area (Å²) in [5.74, 6) is 0.284. The molecule has 0 aromatic carbocycles. The van der Waals surface area contributed by atoms with Crippen molar-refractivity contribution in [3.05, 3.63) is 0 Å². The zero-order valence-corrected chi connectivity index (χ0v) is 7.88. The van der Waals surface area contributed by atoms with Gasteiger partial charge in [0.05, 0.1) is 0 Å². The van der Waals surface area contributed by atoms with Crippen LogP contribution in [0.15, 0.2) is 5.16 Å². The summed E-state index contributed by atoms with van der Waals surface area (Å²) in [5.41, 5.74) is 5.34. The van der Waals surface area contributed by atoms with Crippen molar-refractivity contribution in [3.8, 4) is 0 Å². The Balaban J connectivity index is 3.39. The Morgan fingerprint density at radius 2 is 2.33 bits per heavy atom. The van der Waals surface area contributed by atoms with Crippen molar-refractivity contribution in [1.82, 2.24) is 5.32 Å². The predicted octanol–water partition coefficient (Wildman–Crippen LogP) is 0.901. The van der Waals surface area contributed by atoms with E-state index in [4.69, 9.17) is 10.9 Å². The van der Waals surface area contributed by atoms with E-state index < -0.39 is 0 Å². The van der Waals surface area contributed by atoms with E-state index in [9.17, 15) is 0 Å². The van der Waals surface area contributed by atoms with Crippen LogP contribution in [0.4, 0.5) is 0 Å². The van der Waals surface area contributed by atoms with Gasteiger partial charge >= 0.3 is 0 Å². The lowest BCUT2D eigenvalue weighted by molar-refractivity contribution is 0.316. The smallest absolute Gasteiger partial charge is 0.140 e. The van der Waals surface area contributed by atoms with Gasteiger partial charge in [0.15, 0.2) is 0 Å². The second-order valence-corrected chi connectivity index (χ2v) is 3.00. The van der Waals surface area contributed by atoms with Gasteiger partial charge in [-0.1, -0.05) is 18.5 Å². The van der Waals surface area contributed by atoms with Gasteiger partial charge < -0.3 is 16.3 Å². The van der Waals surface area contributed by atoms with Crippen LogP contribution in [0.5, 0.6) is 0 Å². The van der Waals surface area contributed by atoms with Crippen molar-refractivity contribution in [2.24, 2.45) is 10.9 Å². The average Bonchev–Trinajstić information content (AvgIpc) is 2.05. The highest BCUT2D eigenvalue weighted by Gasteiger charge is 2.02. The second kappa shape index (κ2) is 6.91. The summed E-state index contributed by atoms with van der Waals surface area (Å²) in [5, 5.41) is 14.5. The Bertz CT molecular complexity index is 136. The first-order valence-electron chi connectivity index (χ1n) is 4.40. The van der Waals surface area contributed by atoms with E-state index in [1.54, 1.807) is 0 Å². The van der Waals surface area contributed by atoms with Crippen molar-refractivity contribution in [2.45, 2.75) is 39.2 Å². The minimum Gasteiger partial charge on any atom is -0.409 e. The number of nitrogens with one attached hydrogen (secondary N) is 1. The van der Waals surface area contributed by atoms with E-state index in [1.807, 2.05) is 6.92 Å². The van der Waals surface area contributed by atoms with Crippen LogP contribution < -0.4 is 11.1 Å². The zero-order valence-electron chi connectivity index (χ0n) is 7.88. The van der Waals surface area contributed by atoms with Crippen LogP contribution >= 0.6 is 0 Å². The first-order valence-corrected chi connectivity index (χ1v) is 4.40. The van der Waals surface area contributed by atoms with E-state index in [-0.39, 0.29) is 11.9 Å². The summed E-state index contributed by atoms with van der Waals surface area (Å²) in [7, 11) is 0. The molecule has 0 amide bonds. The topological polar surface area (TPSA) is 70.6 Å². The first-order chi connectivity index (χ1) is 5.70. The van der Waals surface area contributed by atoms with Gasteiger partial charge in [-0.05, 0) is 19.9 Å². The summed E-state index contributed by atoms with van der Waals surface area (Å²) in [6.45, 7) is 5.17. The van der Waals surface area contributed by atoms with Crippen LogP contribution in [0, 0.1) is 0 Å². The minimum absolute atomic E-state index is 0.284. The molecule has 0 aromatic heterocycles. The van der Waals surface area contributed by atoms with E-state index in [1.165, 1.54) is 12.8 Å². The van der Waals surface area contributed by atoms with Gasteiger partial charge in [0.1, 0.15) is 5.84 Å². The fraction of sp³-hybridized carbons (Fsp3) is 0.875. The standard InChI is InChI=1S/C8H19N3O/c1-3-4-5-10-7(2)6-8(9)11-12/h7,10,12H,3-6H2,1-2H3,(H2,9,11). The molecule has 0 aromatic rings. The molecule has 0 radical (unpaired) electrons. The molecular weight excluding hydrogens is 154 g/mol. The molecule has 0 aliphatic heterocycles. The average molecular weight is 173 g/mol. The quantitative estimate of drug-likeness (QED) is 0.184. The molecule has 1 unspecified atom stereocenters. The molecule has 1 atom stereocenters. The normalized spacial score (nSPS) is 14.7. The van der Waals surface area contributed by atoms with Gasteiger partial charge in [-0.15, -0.1) is 0 Å². The number of hydrogen-bond donors (Lipinski definition) is 3. The van der Waals surface area contributed by atoms with Crippen molar-refractivity contribution in [1.29, 1.82) is 0 Å². The van der Waals surface area contributed by atoms with Crippen LogP contribution in [-0.4, -0.2) is 23.6 Å². The molecule has 0 rings (SSSR count). The lowest BCUT2D eigenvalue weighted by Crippen LogP contribution is -2.31. The number of rotatable bonds is 6. The summed E-state index contributed by atoms with van der Waals surface area (Å²) >= 11 is 0. The summed E-state index contributed by atoms with van der Waals surface area (Å²) in [4.78, 5) is 0. The molecule has 4 N–H and O–H groups in total. The Kier molecular flexibility index (Phi) is 6.47. The highest BCUT2D eigenvalue weighted by atomic mass is 16.4. The molecule has 0 bridgehead atoms. The molecule has 0 saturated heterocycles. The minimum atomic E-state index is 0.284. The number of nitrogens with zero attached hydrogens (tertiary/aromatic N) is 1. The third kappa shape index (κ3) is 5.97. The number of amidine groups is 1. The monoisotopic (exact) mass is 173 g/mol. The van der Waals surface area contributed by atoms with Gasteiger partial charge in [0, 0.05) is 12.5 Å². The van der Waals surface area contributed by atoms with E-state index in [0.29, 0.717) is 6.42 Å². The molecule has 0 aliphatic rings. The van der Waals surface area contributed by atoms with Gasteiger partial charge in [-0.2, -0.15) is 0 Å². The fourth-order valence-corrected chi connectivity index (χ4v) is 0.952. The second-order valence-electron chi connectivity index (χ2n) is 3.00. The fourth-order valence-electron chi connectivity index (χ4n) is 0.952. The highest BCUT2D eigenvalue weighted by Crippen LogP contribution is 1.91. The molecule has 4 heteroatoms. The Morgan fingerprint density at radius 3 is 2.83 bits per heavy atom. The highest BCUT2D eigenvalue weighted by molar-refractivity contribution is 5.80. The molecule has 4 nitrogen and oxygen atoms in total. The number of hydrogen-bond acceptors (Lipinski definition) is 3. The van der Waals surface area contributed by atoms with E-state index in [0.717, 1.165) is 6.54 Å². The van der Waals surface area contributed by atoms with Crippen molar-refractivity contribution < 1.29 is 5.21 Å². The largest absolute Gasteiger partial charge is 0.409 e. The lowest BCUT2D eigenvalue weighted by Gasteiger charge is -2.11. The van der Waals surface area contributed by atoms with Crippen molar-refractivity contribution in [3.63, 3.8) is 0 Å². The third-order valence-corrected chi connectivity index (χ3v) is 1.67. The molecule has 72 valence electrons. The number of nitrogens with two attached hydrogens (primary N) is 1. The van der Waals surface area contributed by atoms with Crippen LogP contribution in [0.1, 0.15) is 33.1 Å². The Morgan fingerprint density at radius 1 is 1.67 bits per heavy atom. The first kappa shape index (κ1) is 11.2. The number of unbranched alkanes of at least 4 members (excludes halogenated alkanes) is 1. The molecule has 0 spiro atoms. The van der Waals surface area contributed by atoms with Crippen LogP contribution in [0.3, 0.4) is 0 Å². The van der Waals surface area contributed by atoms with Gasteiger partial charge in [-0.25, -0.2) is 0 Å². The van der Waals surface area contributed by atoms with Gasteiger partial charge in [0.25, 0.3) is 0 Å². The molecule has 12 heavy (non-hydrogen) atoms. The van der Waals surface area contributed by atoms with Crippen LogP contribution in [0.2, 0.25) is 0 Å². The number of oxime groups is 1. The van der Waals surface area contributed by atoms with E-state index in [2.05, 4.69) is 17.4 Å². The van der Waals surface area contributed by atoms with Crippen molar-refractivity contribution >= 4 is 5.84 Å². The molecular formula is C8H19N3O.